The number of halogens is 2. The van der Waals surface area contributed by atoms with Gasteiger partial charge in [0.2, 0.25) is 15.9 Å². The van der Waals surface area contributed by atoms with Crippen molar-refractivity contribution in [3.05, 3.63) is 118 Å². The summed E-state index contributed by atoms with van der Waals surface area (Å²) in [5, 5.41) is 3.56. The third-order valence-corrected chi connectivity index (χ3v) is 9.08. The van der Waals surface area contributed by atoms with Crippen molar-refractivity contribution in [3.8, 4) is 0 Å². The molecule has 0 atom stereocenters. The van der Waals surface area contributed by atoms with Crippen molar-refractivity contribution in [1.29, 1.82) is 0 Å². The van der Waals surface area contributed by atoms with Crippen LogP contribution in [0.4, 0.5) is 5.69 Å². The molecule has 37 heavy (non-hydrogen) atoms. The molecule has 0 spiro atoms. The zero-order chi connectivity index (χ0) is 26.4. The van der Waals surface area contributed by atoms with Gasteiger partial charge < -0.3 is 5.32 Å². The highest BCUT2D eigenvalue weighted by Gasteiger charge is 2.27. The van der Waals surface area contributed by atoms with Crippen molar-refractivity contribution in [2.45, 2.75) is 28.2 Å². The second-order valence-corrected chi connectivity index (χ2v) is 12.2. The second-order valence-electron chi connectivity index (χ2n) is 8.29. The molecule has 4 aromatic carbocycles. The predicted molar refractivity (Wildman–Crippen MR) is 151 cm³/mol. The molecule has 0 aliphatic heterocycles. The van der Waals surface area contributed by atoms with E-state index < -0.39 is 15.9 Å². The van der Waals surface area contributed by atoms with E-state index in [0.717, 1.165) is 19.7 Å². The Labute approximate surface area is 231 Å². The molecule has 0 aliphatic carbocycles. The number of carbonyl (C=O) groups is 1. The number of hydrogen-bond acceptors (Lipinski definition) is 4. The normalized spacial score (nSPS) is 11.5. The van der Waals surface area contributed by atoms with Crippen LogP contribution in [0.5, 0.6) is 0 Å². The number of sulfonamides is 1. The number of nitrogens with one attached hydrogen (secondary N) is 1. The highest BCUT2D eigenvalue weighted by Crippen LogP contribution is 2.33. The number of para-hydroxylation sites is 1. The monoisotopic (exact) mass is 570 g/mol. The van der Waals surface area contributed by atoms with E-state index in [-0.39, 0.29) is 18.0 Å². The number of hydrogen-bond donors (Lipinski definition) is 1. The van der Waals surface area contributed by atoms with Gasteiger partial charge in [0.05, 0.1) is 27.2 Å². The van der Waals surface area contributed by atoms with Gasteiger partial charge in [-0.05, 0) is 61.0 Å². The zero-order valence-electron chi connectivity index (χ0n) is 19.9. The van der Waals surface area contributed by atoms with Gasteiger partial charge in [-0.3, -0.25) is 4.79 Å². The van der Waals surface area contributed by atoms with E-state index in [1.165, 1.54) is 23.9 Å². The highest BCUT2D eigenvalue weighted by atomic mass is 35.5. The molecule has 0 saturated carbocycles. The van der Waals surface area contributed by atoms with Crippen LogP contribution < -0.4 is 5.32 Å². The Morgan fingerprint density at radius 1 is 0.865 bits per heavy atom. The average molecular weight is 572 g/mol. The Morgan fingerprint density at radius 3 is 2.24 bits per heavy atom. The molecule has 0 radical (unpaired) electrons. The molecular formula is C28H24Cl2N2O3S2. The van der Waals surface area contributed by atoms with Gasteiger partial charge >= 0.3 is 0 Å². The first-order valence-corrected chi connectivity index (χ1v) is 14.4. The van der Waals surface area contributed by atoms with Crippen LogP contribution in [0.15, 0.2) is 112 Å². The Hall–Kier alpha value is -2.81. The van der Waals surface area contributed by atoms with E-state index in [1.807, 2.05) is 55.5 Å². The van der Waals surface area contributed by atoms with Crippen LogP contribution in [0.3, 0.4) is 0 Å². The van der Waals surface area contributed by atoms with Gasteiger partial charge in [-0.15, -0.1) is 0 Å². The largest absolute Gasteiger partial charge is 0.324 e. The number of amides is 1. The second kappa shape index (κ2) is 12.2. The lowest BCUT2D eigenvalue weighted by molar-refractivity contribution is -0.116. The maximum Gasteiger partial charge on any atom is 0.243 e. The Bertz CT molecular complexity index is 1500. The summed E-state index contributed by atoms with van der Waals surface area (Å²) >= 11 is 13.7. The van der Waals surface area contributed by atoms with Crippen LogP contribution in [0.2, 0.25) is 10.0 Å². The number of anilines is 1. The minimum Gasteiger partial charge on any atom is -0.324 e. The van der Waals surface area contributed by atoms with E-state index in [9.17, 15) is 13.2 Å². The lowest BCUT2D eigenvalue weighted by atomic mass is 10.2. The molecule has 0 saturated heterocycles. The molecule has 1 amide bonds. The summed E-state index contributed by atoms with van der Waals surface area (Å²) in [6.45, 7) is 1.43. The van der Waals surface area contributed by atoms with E-state index in [4.69, 9.17) is 23.2 Å². The average Bonchev–Trinajstić information content (AvgIpc) is 2.88. The van der Waals surface area contributed by atoms with Crippen LogP contribution in [0, 0.1) is 6.92 Å². The van der Waals surface area contributed by atoms with E-state index in [0.29, 0.717) is 21.3 Å². The fourth-order valence-corrected chi connectivity index (χ4v) is 6.18. The fourth-order valence-electron chi connectivity index (χ4n) is 3.55. The zero-order valence-corrected chi connectivity index (χ0v) is 23.0. The van der Waals surface area contributed by atoms with Gasteiger partial charge in [-0.25, -0.2) is 8.42 Å². The molecular weight excluding hydrogens is 547 g/mol. The number of nitrogens with zero attached hydrogens (tertiary/aromatic N) is 1. The number of aryl methyl sites for hydroxylation is 1. The van der Waals surface area contributed by atoms with Crippen molar-refractivity contribution in [2.75, 3.05) is 11.9 Å². The highest BCUT2D eigenvalue weighted by molar-refractivity contribution is 7.99. The number of rotatable bonds is 9. The van der Waals surface area contributed by atoms with Gasteiger partial charge in [0.15, 0.2) is 0 Å². The first kappa shape index (κ1) is 27.2. The standard InChI is InChI=1S/C28H24Cl2N2O3S2/c1-20-11-14-23(15-12-20)37(34,35)32(18-21-13-16-24(29)25(30)17-21)19-28(33)31-26-9-5-6-10-27(26)36-22-7-3-2-4-8-22/h2-17H,18-19H2,1H3,(H,31,33). The fraction of sp³-hybridized carbons (Fsp3) is 0.107. The minimum atomic E-state index is -3.99. The molecule has 5 nitrogen and oxygen atoms in total. The molecule has 4 rings (SSSR count). The first-order chi connectivity index (χ1) is 17.7. The quantitative estimate of drug-likeness (QED) is 0.229. The molecule has 9 heteroatoms. The van der Waals surface area contributed by atoms with E-state index in [1.54, 1.807) is 36.4 Å². The maximum atomic E-state index is 13.6. The van der Waals surface area contributed by atoms with Crippen LogP contribution >= 0.6 is 35.0 Å². The Morgan fingerprint density at radius 2 is 1.54 bits per heavy atom. The Balaban J connectivity index is 1.59. The molecule has 0 heterocycles. The van der Waals surface area contributed by atoms with Crippen molar-refractivity contribution in [3.63, 3.8) is 0 Å². The smallest absolute Gasteiger partial charge is 0.243 e. The Kier molecular flexibility index (Phi) is 8.95. The molecule has 0 bridgehead atoms. The lowest BCUT2D eigenvalue weighted by Gasteiger charge is -2.22. The van der Waals surface area contributed by atoms with Crippen molar-refractivity contribution < 1.29 is 13.2 Å². The lowest BCUT2D eigenvalue weighted by Crippen LogP contribution is -2.37. The summed E-state index contributed by atoms with van der Waals surface area (Å²) in [6.07, 6.45) is 0. The third kappa shape index (κ3) is 7.15. The molecule has 0 aromatic heterocycles. The van der Waals surface area contributed by atoms with Gasteiger partial charge in [0, 0.05) is 16.3 Å². The van der Waals surface area contributed by atoms with Gasteiger partial charge in [0.25, 0.3) is 0 Å². The molecule has 0 fully saturated rings. The summed E-state index contributed by atoms with van der Waals surface area (Å²) < 4.78 is 28.3. The molecule has 190 valence electrons. The summed E-state index contributed by atoms with van der Waals surface area (Å²) in [4.78, 5) is 15.2. The van der Waals surface area contributed by atoms with Crippen LogP contribution in [0.25, 0.3) is 0 Å². The summed E-state index contributed by atoms with van der Waals surface area (Å²) in [7, 11) is -3.99. The molecule has 4 aromatic rings. The van der Waals surface area contributed by atoms with E-state index in [2.05, 4.69) is 5.32 Å². The van der Waals surface area contributed by atoms with E-state index >= 15 is 0 Å². The summed E-state index contributed by atoms with van der Waals surface area (Å²) in [5.74, 6) is -0.461. The minimum absolute atomic E-state index is 0.0546. The summed E-state index contributed by atoms with van der Waals surface area (Å²) in [5.41, 5.74) is 2.14. The summed E-state index contributed by atoms with van der Waals surface area (Å²) in [6, 6.07) is 28.6. The third-order valence-electron chi connectivity index (χ3n) is 5.45. The molecule has 1 N–H and O–H groups in total. The number of benzene rings is 4. The maximum absolute atomic E-state index is 13.6. The van der Waals surface area contributed by atoms with Crippen LogP contribution in [-0.4, -0.2) is 25.2 Å². The number of carbonyl (C=O) groups excluding carboxylic acids is 1. The van der Waals surface area contributed by atoms with Crippen molar-refractivity contribution >= 4 is 56.6 Å². The van der Waals surface area contributed by atoms with Gasteiger partial charge in [-0.1, -0.05) is 89.1 Å². The van der Waals surface area contributed by atoms with Gasteiger partial charge in [-0.2, -0.15) is 4.31 Å². The molecule has 0 unspecified atom stereocenters. The first-order valence-electron chi connectivity index (χ1n) is 11.3. The molecule has 0 aliphatic rings. The van der Waals surface area contributed by atoms with Crippen molar-refractivity contribution in [2.24, 2.45) is 0 Å². The predicted octanol–water partition coefficient (Wildman–Crippen LogP) is 7.28. The SMILES string of the molecule is Cc1ccc(S(=O)(=O)N(CC(=O)Nc2ccccc2Sc2ccccc2)Cc2ccc(Cl)c(Cl)c2)cc1. The van der Waals surface area contributed by atoms with Crippen molar-refractivity contribution in [1.82, 2.24) is 4.31 Å². The van der Waals surface area contributed by atoms with Gasteiger partial charge in [0.1, 0.15) is 0 Å². The topological polar surface area (TPSA) is 66.5 Å². The van der Waals surface area contributed by atoms with Crippen LogP contribution in [0.1, 0.15) is 11.1 Å². The van der Waals surface area contributed by atoms with Crippen LogP contribution in [-0.2, 0) is 21.4 Å².